The van der Waals surface area contributed by atoms with Crippen molar-refractivity contribution in [2.24, 2.45) is 0 Å². The lowest BCUT2D eigenvalue weighted by Gasteiger charge is -2.34. The van der Waals surface area contributed by atoms with Gasteiger partial charge >= 0.3 is 0 Å². The van der Waals surface area contributed by atoms with Crippen LogP contribution in [0.2, 0.25) is 0 Å². The van der Waals surface area contributed by atoms with Crippen LogP contribution in [0.25, 0.3) is 11.0 Å². The van der Waals surface area contributed by atoms with Crippen molar-refractivity contribution in [1.82, 2.24) is 19.4 Å². The molecule has 0 unspecified atom stereocenters. The summed E-state index contributed by atoms with van der Waals surface area (Å²) in [6.45, 7) is 7.06. The number of nitrogens with zero attached hydrogens (tertiary/aromatic N) is 4. The van der Waals surface area contributed by atoms with E-state index in [1.165, 1.54) is 5.56 Å². The van der Waals surface area contributed by atoms with Gasteiger partial charge in [-0.1, -0.05) is 54.6 Å². The Morgan fingerprint density at radius 2 is 1.56 bits per heavy atom. The third-order valence-electron chi connectivity index (χ3n) is 6.36. The van der Waals surface area contributed by atoms with Crippen molar-refractivity contribution in [2.45, 2.75) is 20.0 Å². The van der Waals surface area contributed by atoms with Crippen molar-refractivity contribution in [3.05, 3.63) is 95.8 Å². The van der Waals surface area contributed by atoms with Gasteiger partial charge in [0.25, 0.3) is 5.91 Å². The summed E-state index contributed by atoms with van der Waals surface area (Å²) in [5.74, 6) is 1.76. The molecule has 0 atom stereocenters. The maximum Gasteiger partial charge on any atom is 0.257 e. The van der Waals surface area contributed by atoms with Gasteiger partial charge in [-0.3, -0.25) is 9.69 Å². The number of carbonyl (C=O) groups is 1. The number of para-hydroxylation sites is 3. The van der Waals surface area contributed by atoms with E-state index in [4.69, 9.17) is 9.72 Å². The molecule has 1 aromatic heterocycles. The molecular formula is C28H30N4O2. The Bertz CT molecular complexity index is 1260. The van der Waals surface area contributed by atoms with Gasteiger partial charge in [0.1, 0.15) is 11.6 Å². The molecule has 3 aromatic carbocycles. The summed E-state index contributed by atoms with van der Waals surface area (Å²) >= 11 is 0. The molecule has 0 aliphatic carbocycles. The van der Waals surface area contributed by atoms with Crippen LogP contribution in [-0.2, 0) is 13.1 Å². The number of aromatic nitrogens is 2. The number of benzene rings is 3. The van der Waals surface area contributed by atoms with Crippen molar-refractivity contribution in [3.63, 3.8) is 0 Å². The summed E-state index contributed by atoms with van der Waals surface area (Å²) in [5.41, 5.74) is 4.08. The lowest BCUT2D eigenvalue weighted by atomic mass is 10.1. The number of amides is 1. The first-order chi connectivity index (χ1) is 16.7. The number of carbonyl (C=O) groups excluding carboxylic acids is 1. The maximum absolute atomic E-state index is 13.1. The Morgan fingerprint density at radius 3 is 2.35 bits per heavy atom. The molecule has 0 bridgehead atoms. The fraction of sp³-hybridized carbons (Fsp3) is 0.286. The molecule has 0 N–H and O–H groups in total. The third kappa shape index (κ3) is 4.68. The quantitative estimate of drug-likeness (QED) is 0.414. The molecule has 6 heteroatoms. The summed E-state index contributed by atoms with van der Waals surface area (Å²) in [4.78, 5) is 22.4. The van der Waals surface area contributed by atoms with Crippen LogP contribution in [0.3, 0.4) is 0 Å². The van der Waals surface area contributed by atoms with Crippen LogP contribution >= 0.6 is 0 Å². The second-order valence-corrected chi connectivity index (χ2v) is 8.59. The fourth-order valence-corrected chi connectivity index (χ4v) is 4.59. The molecule has 5 rings (SSSR count). The predicted molar refractivity (Wildman–Crippen MR) is 134 cm³/mol. The fourth-order valence-electron chi connectivity index (χ4n) is 4.59. The normalized spacial score (nSPS) is 14.4. The minimum atomic E-state index is 0.0417. The molecule has 0 saturated carbocycles. The average molecular weight is 455 g/mol. The summed E-state index contributed by atoms with van der Waals surface area (Å²) in [7, 11) is 0. The van der Waals surface area contributed by atoms with Gasteiger partial charge in [0.15, 0.2) is 0 Å². The minimum Gasteiger partial charge on any atom is -0.493 e. The molecule has 0 radical (unpaired) electrons. The van der Waals surface area contributed by atoms with Crippen LogP contribution in [0, 0.1) is 0 Å². The number of rotatable bonds is 7. The van der Waals surface area contributed by atoms with Crippen molar-refractivity contribution in [3.8, 4) is 5.75 Å². The standard InChI is InChI=1S/C28H30N4O2/c1-2-34-26-15-9-6-12-23(26)28(33)31-18-16-30(17-19-31)21-27-29-24-13-7-8-14-25(24)32(27)20-22-10-4-3-5-11-22/h3-15H,2,16-21H2,1H3. The summed E-state index contributed by atoms with van der Waals surface area (Å²) in [6.07, 6.45) is 0. The van der Waals surface area contributed by atoms with Crippen molar-refractivity contribution in [1.29, 1.82) is 0 Å². The topological polar surface area (TPSA) is 50.6 Å². The summed E-state index contributed by atoms with van der Waals surface area (Å²) in [6, 6.07) is 26.3. The first-order valence-corrected chi connectivity index (χ1v) is 11.9. The lowest BCUT2D eigenvalue weighted by molar-refractivity contribution is 0.0620. The Labute approximate surface area is 200 Å². The molecule has 1 amide bonds. The van der Waals surface area contributed by atoms with E-state index in [0.717, 1.165) is 43.0 Å². The zero-order valence-electron chi connectivity index (χ0n) is 19.6. The Kier molecular flexibility index (Phi) is 6.58. The lowest BCUT2D eigenvalue weighted by Crippen LogP contribution is -2.48. The van der Waals surface area contributed by atoms with Crippen LogP contribution in [0.5, 0.6) is 5.75 Å². The number of ether oxygens (including phenoxy) is 1. The molecule has 174 valence electrons. The molecule has 34 heavy (non-hydrogen) atoms. The van der Waals surface area contributed by atoms with Crippen molar-refractivity contribution >= 4 is 16.9 Å². The largest absolute Gasteiger partial charge is 0.493 e. The molecular weight excluding hydrogens is 424 g/mol. The van der Waals surface area contributed by atoms with Crippen LogP contribution < -0.4 is 4.74 Å². The molecule has 4 aromatic rings. The van der Waals surface area contributed by atoms with Crippen molar-refractivity contribution < 1.29 is 9.53 Å². The first-order valence-electron chi connectivity index (χ1n) is 11.9. The number of imidazole rings is 1. The highest BCUT2D eigenvalue weighted by atomic mass is 16.5. The van der Waals surface area contributed by atoms with E-state index in [9.17, 15) is 4.79 Å². The second kappa shape index (κ2) is 10.1. The average Bonchev–Trinajstić information content (AvgIpc) is 3.22. The van der Waals surface area contributed by atoms with E-state index in [1.807, 2.05) is 48.2 Å². The van der Waals surface area contributed by atoms with Gasteiger partial charge in [0.2, 0.25) is 0 Å². The monoisotopic (exact) mass is 454 g/mol. The smallest absolute Gasteiger partial charge is 0.257 e. The highest BCUT2D eigenvalue weighted by Crippen LogP contribution is 2.22. The number of fused-ring (bicyclic) bond motifs is 1. The van der Waals surface area contributed by atoms with Gasteiger partial charge < -0.3 is 14.2 Å². The molecule has 1 fully saturated rings. The van der Waals surface area contributed by atoms with E-state index >= 15 is 0 Å². The van der Waals surface area contributed by atoms with E-state index in [-0.39, 0.29) is 5.91 Å². The molecule has 2 heterocycles. The van der Waals surface area contributed by atoms with E-state index in [2.05, 4.69) is 51.9 Å². The number of hydrogen-bond acceptors (Lipinski definition) is 4. The number of piperazine rings is 1. The zero-order chi connectivity index (χ0) is 23.3. The molecule has 1 aliphatic rings. The Balaban J connectivity index is 1.29. The van der Waals surface area contributed by atoms with E-state index in [1.54, 1.807) is 0 Å². The molecule has 1 aliphatic heterocycles. The van der Waals surface area contributed by atoms with Crippen LogP contribution in [-0.4, -0.2) is 58.0 Å². The van der Waals surface area contributed by atoms with Gasteiger partial charge in [-0.2, -0.15) is 0 Å². The third-order valence-corrected chi connectivity index (χ3v) is 6.36. The Hall–Kier alpha value is -3.64. The van der Waals surface area contributed by atoms with Crippen molar-refractivity contribution in [2.75, 3.05) is 32.8 Å². The van der Waals surface area contributed by atoms with E-state index in [0.29, 0.717) is 31.0 Å². The van der Waals surface area contributed by atoms with Gasteiger partial charge in [-0.05, 0) is 36.8 Å². The minimum absolute atomic E-state index is 0.0417. The van der Waals surface area contributed by atoms with Gasteiger partial charge in [0.05, 0.1) is 29.7 Å². The SMILES string of the molecule is CCOc1ccccc1C(=O)N1CCN(Cc2nc3ccccc3n2Cc2ccccc2)CC1. The summed E-state index contributed by atoms with van der Waals surface area (Å²) in [5, 5.41) is 0. The van der Waals surface area contributed by atoms with Gasteiger partial charge in [0, 0.05) is 32.7 Å². The van der Waals surface area contributed by atoms with Crippen LogP contribution in [0.1, 0.15) is 28.7 Å². The molecule has 0 spiro atoms. The zero-order valence-corrected chi connectivity index (χ0v) is 19.6. The number of hydrogen-bond donors (Lipinski definition) is 0. The highest BCUT2D eigenvalue weighted by molar-refractivity contribution is 5.97. The van der Waals surface area contributed by atoms with Crippen LogP contribution in [0.15, 0.2) is 78.9 Å². The maximum atomic E-state index is 13.1. The first kappa shape index (κ1) is 22.2. The second-order valence-electron chi connectivity index (χ2n) is 8.59. The van der Waals surface area contributed by atoms with Crippen LogP contribution in [0.4, 0.5) is 0 Å². The Morgan fingerprint density at radius 1 is 0.853 bits per heavy atom. The summed E-state index contributed by atoms with van der Waals surface area (Å²) < 4.78 is 7.99. The van der Waals surface area contributed by atoms with Gasteiger partial charge in [-0.15, -0.1) is 0 Å². The molecule has 1 saturated heterocycles. The molecule has 6 nitrogen and oxygen atoms in total. The predicted octanol–water partition coefficient (Wildman–Crippen LogP) is 4.44. The van der Waals surface area contributed by atoms with Gasteiger partial charge in [-0.25, -0.2) is 4.98 Å². The van der Waals surface area contributed by atoms with E-state index < -0.39 is 0 Å². The highest BCUT2D eigenvalue weighted by Gasteiger charge is 2.25.